The third-order valence-electron chi connectivity index (χ3n) is 3.76. The molecule has 104 valence electrons. The number of amides is 1. The molecule has 1 amide bonds. The Bertz CT molecular complexity index is 452. The van der Waals surface area contributed by atoms with Gasteiger partial charge >= 0.3 is 0 Å². The Morgan fingerprint density at radius 2 is 2.00 bits per heavy atom. The first-order valence-electron chi connectivity index (χ1n) is 6.76. The van der Waals surface area contributed by atoms with Crippen molar-refractivity contribution in [1.29, 1.82) is 0 Å². The molecule has 1 aliphatic carbocycles. The lowest BCUT2D eigenvalue weighted by Gasteiger charge is -2.35. The number of carbonyl (C=O) groups is 1. The Labute approximate surface area is 115 Å². The van der Waals surface area contributed by atoms with E-state index in [-0.39, 0.29) is 5.91 Å². The Balaban J connectivity index is 2.00. The summed E-state index contributed by atoms with van der Waals surface area (Å²) in [7, 11) is 5.82. The van der Waals surface area contributed by atoms with Crippen molar-refractivity contribution in [3.05, 3.63) is 29.8 Å². The van der Waals surface area contributed by atoms with Crippen LogP contribution in [-0.2, 0) is 0 Å². The van der Waals surface area contributed by atoms with Gasteiger partial charge in [0.1, 0.15) is 0 Å². The van der Waals surface area contributed by atoms with Crippen LogP contribution in [0.2, 0.25) is 0 Å². The third-order valence-corrected chi connectivity index (χ3v) is 3.76. The molecule has 2 rings (SSSR count). The van der Waals surface area contributed by atoms with Gasteiger partial charge in [0, 0.05) is 45.0 Å². The largest absolute Gasteiger partial charge is 0.378 e. The van der Waals surface area contributed by atoms with Crippen LogP contribution in [0.25, 0.3) is 0 Å². The van der Waals surface area contributed by atoms with E-state index in [0.29, 0.717) is 12.0 Å². The predicted octanol–water partition coefficient (Wildman–Crippen LogP) is 1.56. The van der Waals surface area contributed by atoms with E-state index in [1.54, 1.807) is 0 Å². The van der Waals surface area contributed by atoms with Crippen molar-refractivity contribution in [2.24, 2.45) is 11.7 Å². The van der Waals surface area contributed by atoms with Crippen molar-refractivity contribution < 1.29 is 4.79 Å². The highest BCUT2D eigenvalue weighted by Crippen LogP contribution is 2.26. The van der Waals surface area contributed by atoms with Crippen LogP contribution in [0.4, 0.5) is 5.69 Å². The van der Waals surface area contributed by atoms with E-state index >= 15 is 0 Å². The molecule has 2 N–H and O–H groups in total. The van der Waals surface area contributed by atoms with Crippen molar-refractivity contribution >= 4 is 11.6 Å². The molecule has 0 saturated heterocycles. The lowest BCUT2D eigenvalue weighted by molar-refractivity contribution is 0.0734. The molecule has 4 heteroatoms. The van der Waals surface area contributed by atoms with Crippen LogP contribution in [0, 0.1) is 5.92 Å². The molecule has 0 atom stereocenters. The molecular formula is C15H23N3O. The third kappa shape index (κ3) is 3.26. The first kappa shape index (κ1) is 13.9. The van der Waals surface area contributed by atoms with E-state index in [9.17, 15) is 4.79 Å². The van der Waals surface area contributed by atoms with Crippen molar-refractivity contribution in [3.8, 4) is 0 Å². The standard InChI is InChI=1S/C15H23N3O/c1-17(2)14-6-4-5-12(9-14)15(19)18(3)10-11-7-13(16)8-11/h4-6,9,11,13H,7-8,10,16H2,1-3H3. The predicted molar refractivity (Wildman–Crippen MR) is 78.4 cm³/mol. The van der Waals surface area contributed by atoms with Crippen molar-refractivity contribution in [3.63, 3.8) is 0 Å². The zero-order chi connectivity index (χ0) is 14.0. The van der Waals surface area contributed by atoms with Crippen LogP contribution in [0.15, 0.2) is 24.3 Å². The monoisotopic (exact) mass is 261 g/mol. The molecule has 4 nitrogen and oxygen atoms in total. The average molecular weight is 261 g/mol. The topological polar surface area (TPSA) is 49.6 Å². The van der Waals surface area contributed by atoms with Gasteiger partial charge in [-0.1, -0.05) is 6.07 Å². The summed E-state index contributed by atoms with van der Waals surface area (Å²) < 4.78 is 0. The Kier molecular flexibility index (Phi) is 4.10. The molecule has 1 fully saturated rings. The number of nitrogens with zero attached hydrogens (tertiary/aromatic N) is 2. The number of benzene rings is 1. The van der Waals surface area contributed by atoms with Crippen LogP contribution in [-0.4, -0.2) is 44.5 Å². The first-order valence-corrected chi connectivity index (χ1v) is 6.76. The molecule has 0 aromatic heterocycles. The van der Waals surface area contributed by atoms with Crippen molar-refractivity contribution in [2.45, 2.75) is 18.9 Å². The van der Waals surface area contributed by atoms with Gasteiger partial charge in [0.15, 0.2) is 0 Å². The minimum absolute atomic E-state index is 0.0872. The summed E-state index contributed by atoms with van der Waals surface area (Å²) in [6.45, 7) is 0.804. The van der Waals surface area contributed by atoms with Gasteiger partial charge in [0.05, 0.1) is 0 Å². The molecule has 1 saturated carbocycles. The lowest BCUT2D eigenvalue weighted by atomic mass is 9.80. The molecular weight excluding hydrogens is 238 g/mol. The second kappa shape index (κ2) is 5.61. The summed E-state index contributed by atoms with van der Waals surface area (Å²) in [4.78, 5) is 16.2. The smallest absolute Gasteiger partial charge is 0.253 e. The Morgan fingerprint density at radius 1 is 1.32 bits per heavy atom. The second-order valence-corrected chi connectivity index (χ2v) is 5.73. The summed E-state index contributed by atoms with van der Waals surface area (Å²) in [5.41, 5.74) is 7.57. The number of hydrogen-bond acceptors (Lipinski definition) is 3. The fraction of sp³-hybridized carbons (Fsp3) is 0.533. The highest BCUT2D eigenvalue weighted by atomic mass is 16.2. The molecule has 1 aliphatic rings. The fourth-order valence-corrected chi connectivity index (χ4v) is 2.54. The molecule has 0 spiro atoms. The maximum absolute atomic E-state index is 12.4. The average Bonchev–Trinajstić information content (AvgIpc) is 2.36. The van der Waals surface area contributed by atoms with E-state index < -0.39 is 0 Å². The Hall–Kier alpha value is -1.55. The number of nitrogens with two attached hydrogens (primary N) is 1. The maximum Gasteiger partial charge on any atom is 0.253 e. The van der Waals surface area contributed by atoms with Crippen LogP contribution in [0.3, 0.4) is 0 Å². The number of anilines is 1. The van der Waals surface area contributed by atoms with E-state index in [1.165, 1.54) is 0 Å². The Morgan fingerprint density at radius 3 is 2.58 bits per heavy atom. The summed E-state index contributed by atoms with van der Waals surface area (Å²) in [6.07, 6.45) is 2.07. The summed E-state index contributed by atoms with van der Waals surface area (Å²) in [6, 6.07) is 8.08. The summed E-state index contributed by atoms with van der Waals surface area (Å²) in [5.74, 6) is 0.658. The number of carbonyl (C=O) groups excluding carboxylic acids is 1. The number of hydrogen-bond donors (Lipinski definition) is 1. The highest BCUT2D eigenvalue weighted by Gasteiger charge is 2.28. The normalized spacial score (nSPS) is 21.7. The number of rotatable bonds is 4. The van der Waals surface area contributed by atoms with E-state index in [1.807, 2.05) is 55.2 Å². The highest BCUT2D eigenvalue weighted by molar-refractivity contribution is 5.95. The lowest BCUT2D eigenvalue weighted by Crippen LogP contribution is -2.43. The van der Waals surface area contributed by atoms with Crippen LogP contribution in [0.1, 0.15) is 23.2 Å². The van der Waals surface area contributed by atoms with Gasteiger partial charge in [-0.25, -0.2) is 0 Å². The van der Waals surface area contributed by atoms with Crippen molar-refractivity contribution in [1.82, 2.24) is 4.90 Å². The minimum atomic E-state index is 0.0872. The quantitative estimate of drug-likeness (QED) is 0.895. The van der Waals surface area contributed by atoms with E-state index in [4.69, 9.17) is 5.73 Å². The first-order chi connectivity index (χ1) is 8.97. The van der Waals surface area contributed by atoms with Crippen LogP contribution < -0.4 is 10.6 Å². The maximum atomic E-state index is 12.4. The molecule has 0 heterocycles. The van der Waals surface area contributed by atoms with Crippen LogP contribution in [0.5, 0.6) is 0 Å². The van der Waals surface area contributed by atoms with Gasteiger partial charge in [0.2, 0.25) is 0 Å². The summed E-state index contributed by atoms with van der Waals surface area (Å²) in [5, 5.41) is 0. The van der Waals surface area contributed by atoms with Gasteiger partial charge in [-0.2, -0.15) is 0 Å². The van der Waals surface area contributed by atoms with Gasteiger partial charge in [-0.15, -0.1) is 0 Å². The molecule has 0 unspecified atom stereocenters. The van der Waals surface area contributed by atoms with E-state index in [0.717, 1.165) is 30.6 Å². The fourth-order valence-electron chi connectivity index (χ4n) is 2.54. The molecule has 0 radical (unpaired) electrons. The molecule has 19 heavy (non-hydrogen) atoms. The molecule has 1 aromatic rings. The SMILES string of the molecule is CN(CC1CC(N)C1)C(=O)c1cccc(N(C)C)c1. The molecule has 0 aliphatic heterocycles. The summed E-state index contributed by atoms with van der Waals surface area (Å²) >= 11 is 0. The van der Waals surface area contributed by atoms with Gasteiger partial charge in [-0.05, 0) is 37.0 Å². The zero-order valence-corrected chi connectivity index (χ0v) is 12.0. The zero-order valence-electron chi connectivity index (χ0n) is 12.0. The second-order valence-electron chi connectivity index (χ2n) is 5.73. The van der Waals surface area contributed by atoms with Gasteiger partial charge in [-0.3, -0.25) is 4.79 Å². The van der Waals surface area contributed by atoms with E-state index in [2.05, 4.69) is 0 Å². The molecule has 0 bridgehead atoms. The minimum Gasteiger partial charge on any atom is -0.378 e. The van der Waals surface area contributed by atoms with Crippen LogP contribution >= 0.6 is 0 Å². The van der Waals surface area contributed by atoms with Gasteiger partial charge < -0.3 is 15.5 Å². The van der Waals surface area contributed by atoms with Crippen molar-refractivity contribution in [2.75, 3.05) is 32.6 Å². The van der Waals surface area contributed by atoms with Gasteiger partial charge in [0.25, 0.3) is 5.91 Å². The molecule has 1 aromatic carbocycles.